The third kappa shape index (κ3) is 7.53. The summed E-state index contributed by atoms with van der Waals surface area (Å²) in [4.78, 5) is 0. The normalized spacial score (nSPS) is 16.4. The van der Waals surface area contributed by atoms with E-state index in [-0.39, 0.29) is 19.6 Å². The summed E-state index contributed by atoms with van der Waals surface area (Å²) in [5.41, 5.74) is 0. The Hall–Kier alpha value is -0.750. The zero-order chi connectivity index (χ0) is 12.4. The molecule has 0 fully saturated rings. The zero-order valence-corrected chi connectivity index (χ0v) is 9.22. The van der Waals surface area contributed by atoms with Crippen LogP contribution >= 0.6 is 0 Å². The van der Waals surface area contributed by atoms with Gasteiger partial charge in [-0.3, -0.25) is 4.39 Å². The average Bonchev–Trinajstić information content (AvgIpc) is 2.31. The molecule has 0 saturated carbocycles. The van der Waals surface area contributed by atoms with E-state index in [1.165, 1.54) is 12.2 Å². The Labute approximate surface area is 95.0 Å². The minimum Gasteiger partial charge on any atom is -0.387 e. The molecule has 0 aliphatic heterocycles. The molecule has 0 spiro atoms. The van der Waals surface area contributed by atoms with Gasteiger partial charge in [-0.2, -0.15) is 0 Å². The summed E-state index contributed by atoms with van der Waals surface area (Å²) in [6.45, 7) is 6.12. The van der Waals surface area contributed by atoms with Gasteiger partial charge in [0, 0.05) is 6.42 Å². The number of rotatable bonds is 10. The number of halogens is 1. The third-order valence-electron chi connectivity index (χ3n) is 1.79. The number of ether oxygens (including phenoxy) is 2. The molecule has 5 heteroatoms. The summed E-state index contributed by atoms with van der Waals surface area (Å²) in [6, 6.07) is 0. The predicted octanol–water partition coefficient (Wildman–Crippen LogP) is 0.799. The highest BCUT2D eigenvalue weighted by molar-refractivity contribution is 4.78. The maximum Gasteiger partial charge on any atom is 0.160 e. The summed E-state index contributed by atoms with van der Waals surface area (Å²) in [7, 11) is 0. The van der Waals surface area contributed by atoms with Crippen molar-refractivity contribution in [3.05, 3.63) is 25.3 Å². The number of hydrogen-bond acceptors (Lipinski definition) is 4. The summed E-state index contributed by atoms with van der Waals surface area (Å²) in [5.74, 6) is 0. The molecule has 0 rings (SSSR count). The molecule has 2 atom stereocenters. The molecule has 0 aromatic carbocycles. The van der Waals surface area contributed by atoms with Gasteiger partial charge in [0.1, 0.15) is 0 Å². The first-order chi connectivity index (χ1) is 7.63. The van der Waals surface area contributed by atoms with Crippen molar-refractivity contribution in [3.63, 3.8) is 0 Å². The van der Waals surface area contributed by atoms with Crippen LogP contribution in [0.1, 0.15) is 6.42 Å². The van der Waals surface area contributed by atoms with Gasteiger partial charge in [-0.05, 0) is 0 Å². The Kier molecular flexibility index (Phi) is 9.03. The summed E-state index contributed by atoms with van der Waals surface area (Å²) in [5, 5.41) is 18.3. The van der Waals surface area contributed by atoms with Gasteiger partial charge in [-0.1, -0.05) is 12.2 Å². The Balaban J connectivity index is 3.86. The van der Waals surface area contributed by atoms with Crippen LogP contribution in [0.2, 0.25) is 0 Å². The second kappa shape index (κ2) is 9.47. The fourth-order valence-corrected chi connectivity index (χ4v) is 0.852. The SMILES string of the molecule is C=CC(O)COC(CCF)OCC(O)C=C. The van der Waals surface area contributed by atoms with E-state index >= 15 is 0 Å². The van der Waals surface area contributed by atoms with Crippen molar-refractivity contribution in [3.8, 4) is 0 Å². The van der Waals surface area contributed by atoms with E-state index in [9.17, 15) is 4.39 Å². The van der Waals surface area contributed by atoms with Gasteiger partial charge in [-0.25, -0.2) is 0 Å². The van der Waals surface area contributed by atoms with Crippen LogP contribution in [0, 0.1) is 0 Å². The molecule has 0 bridgehead atoms. The van der Waals surface area contributed by atoms with Gasteiger partial charge >= 0.3 is 0 Å². The second-order valence-electron chi connectivity index (χ2n) is 3.18. The fourth-order valence-electron chi connectivity index (χ4n) is 0.852. The summed E-state index contributed by atoms with van der Waals surface area (Å²) in [6.07, 6.45) is 0.267. The van der Waals surface area contributed by atoms with Crippen molar-refractivity contribution in [1.29, 1.82) is 0 Å². The highest BCUT2D eigenvalue weighted by atomic mass is 19.1. The van der Waals surface area contributed by atoms with Crippen LogP contribution in [0.5, 0.6) is 0 Å². The molecule has 0 saturated heterocycles. The van der Waals surface area contributed by atoms with E-state index in [1.54, 1.807) is 0 Å². The van der Waals surface area contributed by atoms with Gasteiger partial charge in [0.15, 0.2) is 6.29 Å². The molecule has 0 aliphatic carbocycles. The minimum absolute atomic E-state index is 0.0155. The Morgan fingerprint density at radius 2 is 1.50 bits per heavy atom. The maximum absolute atomic E-state index is 12.1. The van der Waals surface area contributed by atoms with E-state index in [2.05, 4.69) is 13.2 Å². The van der Waals surface area contributed by atoms with Crippen LogP contribution in [-0.4, -0.2) is 48.6 Å². The highest BCUT2D eigenvalue weighted by Gasteiger charge is 2.12. The Morgan fingerprint density at radius 3 is 1.81 bits per heavy atom. The van der Waals surface area contributed by atoms with Crippen molar-refractivity contribution in [2.45, 2.75) is 24.9 Å². The largest absolute Gasteiger partial charge is 0.387 e. The maximum atomic E-state index is 12.1. The third-order valence-corrected chi connectivity index (χ3v) is 1.79. The lowest BCUT2D eigenvalue weighted by molar-refractivity contribution is -0.167. The van der Waals surface area contributed by atoms with E-state index in [4.69, 9.17) is 19.7 Å². The molecule has 94 valence electrons. The minimum atomic E-state index is -0.810. The number of alkyl halides is 1. The summed E-state index contributed by atoms with van der Waals surface area (Å²) >= 11 is 0. The lowest BCUT2D eigenvalue weighted by Gasteiger charge is -2.19. The van der Waals surface area contributed by atoms with E-state index in [0.29, 0.717) is 0 Å². The Morgan fingerprint density at radius 1 is 1.06 bits per heavy atom. The van der Waals surface area contributed by atoms with Crippen molar-refractivity contribution in [1.82, 2.24) is 0 Å². The highest BCUT2D eigenvalue weighted by Crippen LogP contribution is 2.04. The quantitative estimate of drug-likeness (QED) is 0.433. The molecule has 0 heterocycles. The van der Waals surface area contributed by atoms with Crippen LogP contribution in [0.3, 0.4) is 0 Å². The Bertz CT molecular complexity index is 180. The molecule has 0 radical (unpaired) electrons. The van der Waals surface area contributed by atoms with Crippen LogP contribution in [0.4, 0.5) is 4.39 Å². The van der Waals surface area contributed by atoms with Gasteiger partial charge in [0.05, 0.1) is 32.1 Å². The summed E-state index contributed by atoms with van der Waals surface area (Å²) < 4.78 is 22.3. The van der Waals surface area contributed by atoms with Crippen LogP contribution in [-0.2, 0) is 9.47 Å². The molecule has 2 N–H and O–H groups in total. The molecule has 0 aromatic heterocycles. The molecule has 0 amide bonds. The van der Waals surface area contributed by atoms with Gasteiger partial charge in [0.2, 0.25) is 0 Å². The van der Waals surface area contributed by atoms with Gasteiger partial charge < -0.3 is 19.7 Å². The van der Waals surface area contributed by atoms with Crippen molar-refractivity contribution in [2.24, 2.45) is 0 Å². The molecular formula is C11H19FO4. The molecule has 4 nitrogen and oxygen atoms in total. The van der Waals surface area contributed by atoms with Crippen LogP contribution in [0.15, 0.2) is 25.3 Å². The molecule has 2 unspecified atom stereocenters. The van der Waals surface area contributed by atoms with Crippen LogP contribution < -0.4 is 0 Å². The average molecular weight is 234 g/mol. The lowest BCUT2D eigenvalue weighted by atomic mass is 10.3. The molecule has 0 aromatic rings. The lowest BCUT2D eigenvalue weighted by Crippen LogP contribution is -2.26. The first kappa shape index (κ1) is 15.2. The smallest absolute Gasteiger partial charge is 0.160 e. The topological polar surface area (TPSA) is 58.9 Å². The van der Waals surface area contributed by atoms with E-state index in [0.717, 1.165) is 0 Å². The monoisotopic (exact) mass is 234 g/mol. The van der Waals surface area contributed by atoms with Gasteiger partial charge in [-0.15, -0.1) is 13.2 Å². The first-order valence-electron chi connectivity index (χ1n) is 5.04. The van der Waals surface area contributed by atoms with E-state index in [1.807, 2.05) is 0 Å². The van der Waals surface area contributed by atoms with Crippen molar-refractivity contribution < 1.29 is 24.1 Å². The number of aliphatic hydroxyl groups is 2. The second-order valence-corrected chi connectivity index (χ2v) is 3.18. The van der Waals surface area contributed by atoms with E-state index < -0.39 is 25.2 Å². The van der Waals surface area contributed by atoms with Crippen LogP contribution in [0.25, 0.3) is 0 Å². The molecular weight excluding hydrogens is 215 g/mol. The predicted molar refractivity (Wildman–Crippen MR) is 58.7 cm³/mol. The fraction of sp³-hybridized carbons (Fsp3) is 0.636. The van der Waals surface area contributed by atoms with Crippen molar-refractivity contribution >= 4 is 0 Å². The standard InChI is InChI=1S/C11H19FO4/c1-3-9(13)7-15-11(5-6-12)16-8-10(14)4-2/h3-4,9-11,13-14H,1-2,5-8H2. The number of aliphatic hydroxyl groups excluding tert-OH is 2. The molecule has 16 heavy (non-hydrogen) atoms. The van der Waals surface area contributed by atoms with Crippen molar-refractivity contribution in [2.75, 3.05) is 19.9 Å². The number of hydrogen-bond donors (Lipinski definition) is 2. The first-order valence-corrected chi connectivity index (χ1v) is 5.04. The van der Waals surface area contributed by atoms with Gasteiger partial charge in [0.25, 0.3) is 0 Å². The molecule has 0 aliphatic rings. The zero-order valence-electron chi connectivity index (χ0n) is 9.22.